The van der Waals surface area contributed by atoms with Crippen LogP contribution in [0.3, 0.4) is 0 Å². The SMILES string of the molecule is O=S(=O)(Nc1ccc(Oc2nc3ccccc3n3cnnc23)cc1)c1ccccc1F. The monoisotopic (exact) mass is 435 g/mol. The van der Waals surface area contributed by atoms with Crippen molar-refractivity contribution in [2.45, 2.75) is 4.90 Å². The van der Waals surface area contributed by atoms with E-state index in [9.17, 15) is 12.8 Å². The van der Waals surface area contributed by atoms with Crippen LogP contribution < -0.4 is 9.46 Å². The molecule has 31 heavy (non-hydrogen) atoms. The molecule has 0 aliphatic carbocycles. The number of hydrogen-bond donors (Lipinski definition) is 1. The predicted octanol–water partition coefficient (Wildman–Crippen LogP) is 4.01. The van der Waals surface area contributed by atoms with Crippen molar-refractivity contribution in [1.29, 1.82) is 0 Å². The van der Waals surface area contributed by atoms with E-state index in [1.807, 2.05) is 24.3 Å². The van der Waals surface area contributed by atoms with Crippen molar-refractivity contribution in [3.8, 4) is 11.6 Å². The van der Waals surface area contributed by atoms with E-state index in [0.29, 0.717) is 16.9 Å². The molecule has 8 nitrogen and oxygen atoms in total. The van der Waals surface area contributed by atoms with Crippen molar-refractivity contribution in [3.63, 3.8) is 0 Å². The van der Waals surface area contributed by atoms with Gasteiger partial charge in [-0.2, -0.15) is 0 Å². The summed E-state index contributed by atoms with van der Waals surface area (Å²) in [6, 6.07) is 18.8. The summed E-state index contributed by atoms with van der Waals surface area (Å²) < 4.78 is 48.7. The Hall–Kier alpha value is -4.05. The number of benzene rings is 3. The molecule has 0 fully saturated rings. The summed E-state index contributed by atoms with van der Waals surface area (Å²) in [5.41, 5.74) is 2.25. The van der Waals surface area contributed by atoms with Crippen molar-refractivity contribution in [1.82, 2.24) is 19.6 Å². The molecule has 0 spiro atoms. The Morgan fingerprint density at radius 2 is 1.68 bits per heavy atom. The number of ether oxygens (including phenoxy) is 1. The van der Waals surface area contributed by atoms with Gasteiger partial charge in [-0.3, -0.25) is 9.12 Å². The highest BCUT2D eigenvalue weighted by molar-refractivity contribution is 7.92. The Kier molecular flexibility index (Phi) is 4.48. The van der Waals surface area contributed by atoms with Gasteiger partial charge in [-0.25, -0.2) is 17.8 Å². The first-order chi connectivity index (χ1) is 15.0. The van der Waals surface area contributed by atoms with Gasteiger partial charge in [0.25, 0.3) is 15.9 Å². The number of nitrogens with one attached hydrogen (secondary N) is 1. The average Bonchev–Trinajstić information content (AvgIpc) is 3.26. The Bertz CT molecular complexity index is 1520. The summed E-state index contributed by atoms with van der Waals surface area (Å²) in [6.07, 6.45) is 1.58. The summed E-state index contributed by atoms with van der Waals surface area (Å²) in [6.45, 7) is 0. The molecule has 10 heteroatoms. The first-order valence-corrected chi connectivity index (χ1v) is 10.6. The number of para-hydroxylation sites is 2. The van der Waals surface area contributed by atoms with Crippen molar-refractivity contribution >= 4 is 32.4 Å². The van der Waals surface area contributed by atoms with Crippen LogP contribution in [0, 0.1) is 5.82 Å². The van der Waals surface area contributed by atoms with Crippen LogP contribution in [0.4, 0.5) is 10.1 Å². The van der Waals surface area contributed by atoms with Crippen LogP contribution in [0.5, 0.6) is 11.6 Å². The molecule has 0 unspecified atom stereocenters. The maximum Gasteiger partial charge on any atom is 0.266 e. The molecule has 0 aliphatic rings. The van der Waals surface area contributed by atoms with E-state index in [1.165, 1.54) is 30.3 Å². The number of halogens is 1. The molecule has 0 saturated carbocycles. The quantitative estimate of drug-likeness (QED) is 0.448. The standard InChI is InChI=1S/C21H14FN5O3S/c22-16-5-1-4-8-19(16)31(28,29)26-14-9-11-15(12-10-14)30-21-20-25-23-13-27(20)18-7-3-2-6-17(18)24-21/h1-13,26H. The lowest BCUT2D eigenvalue weighted by molar-refractivity contribution is 0.467. The minimum atomic E-state index is -4.06. The molecule has 3 aromatic carbocycles. The molecule has 2 heterocycles. The molecule has 5 rings (SSSR count). The van der Waals surface area contributed by atoms with Gasteiger partial charge in [-0.15, -0.1) is 10.2 Å². The number of hydrogen-bond acceptors (Lipinski definition) is 6. The Balaban J connectivity index is 1.42. The van der Waals surface area contributed by atoms with Crippen LogP contribution in [0.2, 0.25) is 0 Å². The van der Waals surface area contributed by atoms with Crippen molar-refractivity contribution in [2.24, 2.45) is 0 Å². The number of rotatable bonds is 5. The molecule has 0 radical (unpaired) electrons. The third kappa shape index (κ3) is 3.53. The topological polar surface area (TPSA) is 98.5 Å². The molecule has 0 amide bonds. The largest absolute Gasteiger partial charge is 0.436 e. The van der Waals surface area contributed by atoms with Crippen LogP contribution >= 0.6 is 0 Å². The van der Waals surface area contributed by atoms with Crippen molar-refractivity contribution in [2.75, 3.05) is 4.72 Å². The fourth-order valence-electron chi connectivity index (χ4n) is 3.12. The van der Waals surface area contributed by atoms with Gasteiger partial charge < -0.3 is 4.74 Å². The zero-order valence-electron chi connectivity index (χ0n) is 15.8. The van der Waals surface area contributed by atoms with Gasteiger partial charge in [0.1, 0.15) is 22.8 Å². The molecule has 0 aliphatic heterocycles. The average molecular weight is 435 g/mol. The molecule has 5 aromatic rings. The van der Waals surface area contributed by atoms with E-state index >= 15 is 0 Å². The normalized spacial score (nSPS) is 11.6. The minimum Gasteiger partial charge on any atom is -0.436 e. The van der Waals surface area contributed by atoms with Crippen LogP contribution in [0.15, 0.2) is 84.0 Å². The van der Waals surface area contributed by atoms with Crippen molar-refractivity contribution < 1.29 is 17.5 Å². The van der Waals surface area contributed by atoms with Crippen LogP contribution in [-0.2, 0) is 10.0 Å². The van der Waals surface area contributed by atoms with Gasteiger partial charge in [0.2, 0.25) is 5.65 Å². The van der Waals surface area contributed by atoms with Gasteiger partial charge in [-0.1, -0.05) is 24.3 Å². The maximum atomic E-state index is 13.8. The summed E-state index contributed by atoms with van der Waals surface area (Å²) >= 11 is 0. The van der Waals surface area contributed by atoms with Crippen LogP contribution in [0.1, 0.15) is 0 Å². The second-order valence-electron chi connectivity index (χ2n) is 6.59. The first kappa shape index (κ1) is 18.9. The lowest BCUT2D eigenvalue weighted by atomic mass is 10.3. The number of nitrogens with zero attached hydrogens (tertiary/aromatic N) is 4. The summed E-state index contributed by atoms with van der Waals surface area (Å²) in [5, 5.41) is 8.00. The van der Waals surface area contributed by atoms with Gasteiger partial charge in [0, 0.05) is 5.69 Å². The third-order valence-corrected chi connectivity index (χ3v) is 5.96. The van der Waals surface area contributed by atoms with Crippen molar-refractivity contribution in [3.05, 3.63) is 84.9 Å². The van der Waals surface area contributed by atoms with E-state index in [-0.39, 0.29) is 11.6 Å². The maximum absolute atomic E-state index is 13.8. The van der Waals surface area contributed by atoms with Gasteiger partial charge in [0.15, 0.2) is 0 Å². The van der Waals surface area contributed by atoms with Gasteiger partial charge in [0.05, 0.1) is 11.0 Å². The first-order valence-electron chi connectivity index (χ1n) is 9.15. The lowest BCUT2D eigenvalue weighted by Crippen LogP contribution is -2.14. The molecular weight excluding hydrogens is 421 g/mol. The smallest absolute Gasteiger partial charge is 0.266 e. The van der Waals surface area contributed by atoms with E-state index < -0.39 is 20.7 Å². The molecule has 154 valence electrons. The van der Waals surface area contributed by atoms with E-state index in [2.05, 4.69) is 19.9 Å². The summed E-state index contributed by atoms with van der Waals surface area (Å²) in [4.78, 5) is 4.08. The Morgan fingerprint density at radius 1 is 0.935 bits per heavy atom. The summed E-state index contributed by atoms with van der Waals surface area (Å²) in [5.74, 6) is -0.146. The van der Waals surface area contributed by atoms with Gasteiger partial charge >= 0.3 is 0 Å². The molecule has 0 bridgehead atoms. The number of sulfonamides is 1. The molecule has 0 saturated heterocycles. The van der Waals surface area contributed by atoms with Crippen LogP contribution in [0.25, 0.3) is 16.7 Å². The summed E-state index contributed by atoms with van der Waals surface area (Å²) in [7, 11) is -4.06. The lowest BCUT2D eigenvalue weighted by Gasteiger charge is -2.10. The Labute approximate surface area is 176 Å². The van der Waals surface area contributed by atoms with E-state index in [4.69, 9.17) is 4.74 Å². The molecule has 2 aromatic heterocycles. The zero-order chi connectivity index (χ0) is 21.4. The fourth-order valence-corrected chi connectivity index (χ4v) is 4.26. The highest BCUT2D eigenvalue weighted by Gasteiger charge is 2.18. The highest BCUT2D eigenvalue weighted by atomic mass is 32.2. The second-order valence-corrected chi connectivity index (χ2v) is 8.24. The molecule has 1 N–H and O–H groups in total. The molecular formula is C21H14FN5O3S. The number of anilines is 1. The predicted molar refractivity (Wildman–Crippen MR) is 112 cm³/mol. The van der Waals surface area contributed by atoms with Crippen LogP contribution in [-0.4, -0.2) is 28.0 Å². The zero-order valence-corrected chi connectivity index (χ0v) is 16.6. The Morgan fingerprint density at radius 3 is 2.48 bits per heavy atom. The van der Waals surface area contributed by atoms with E-state index in [1.54, 1.807) is 22.9 Å². The van der Waals surface area contributed by atoms with E-state index in [0.717, 1.165) is 11.6 Å². The number of fused-ring (bicyclic) bond motifs is 3. The molecule has 0 atom stereocenters. The van der Waals surface area contributed by atoms with Gasteiger partial charge in [-0.05, 0) is 48.5 Å². The fraction of sp³-hybridized carbons (Fsp3) is 0. The highest BCUT2D eigenvalue weighted by Crippen LogP contribution is 2.28. The second kappa shape index (κ2) is 7.33. The third-order valence-electron chi connectivity index (χ3n) is 4.55. The number of aromatic nitrogens is 4. The minimum absolute atomic E-state index is 0.259.